The highest BCUT2D eigenvalue weighted by atomic mass is 16.3. The zero-order valence-corrected chi connectivity index (χ0v) is 13.5. The summed E-state index contributed by atoms with van der Waals surface area (Å²) in [5.41, 5.74) is 1.54. The number of imidazole rings is 1. The molecule has 2 atom stereocenters. The maximum absolute atomic E-state index is 11.9. The molecule has 1 aromatic heterocycles. The third kappa shape index (κ3) is 3.98. The van der Waals surface area contributed by atoms with Gasteiger partial charge in [-0.2, -0.15) is 0 Å². The third-order valence-corrected chi connectivity index (χ3v) is 3.62. The van der Waals surface area contributed by atoms with Crippen LogP contribution in [0.4, 0.5) is 4.79 Å². The number of rotatable bonds is 4. The third-order valence-electron chi connectivity index (χ3n) is 3.62. The molecule has 0 fully saturated rings. The van der Waals surface area contributed by atoms with Crippen molar-refractivity contribution in [2.75, 3.05) is 6.54 Å². The highest BCUT2D eigenvalue weighted by Gasteiger charge is 2.22. The number of hydrogen-bond acceptors (Lipinski definition) is 3. The van der Waals surface area contributed by atoms with Crippen molar-refractivity contribution < 1.29 is 9.90 Å². The van der Waals surface area contributed by atoms with Crippen LogP contribution in [0.3, 0.4) is 0 Å². The minimum absolute atomic E-state index is 0.210. The van der Waals surface area contributed by atoms with Gasteiger partial charge in [-0.15, -0.1) is 0 Å². The lowest BCUT2D eigenvalue weighted by molar-refractivity contribution is 0.0649. The number of aromatic amines is 1. The van der Waals surface area contributed by atoms with Crippen LogP contribution in [0.1, 0.15) is 39.6 Å². The SMILES string of the molecule is CC(NC(=O)NCC(O)C(C)(C)C)c1nc2ccccc2[nH]1. The van der Waals surface area contributed by atoms with Gasteiger partial charge in [0, 0.05) is 6.54 Å². The van der Waals surface area contributed by atoms with Crippen LogP contribution >= 0.6 is 0 Å². The Bertz CT molecular complexity index is 612. The summed E-state index contributed by atoms with van der Waals surface area (Å²) in [5.74, 6) is 0.702. The number of carbonyl (C=O) groups is 1. The number of nitrogens with zero attached hydrogens (tertiary/aromatic N) is 1. The van der Waals surface area contributed by atoms with Crippen LogP contribution in [-0.2, 0) is 0 Å². The summed E-state index contributed by atoms with van der Waals surface area (Å²) in [4.78, 5) is 19.5. The molecular formula is C16H24N4O2. The maximum Gasteiger partial charge on any atom is 0.315 e. The smallest absolute Gasteiger partial charge is 0.315 e. The lowest BCUT2D eigenvalue weighted by Gasteiger charge is -2.26. The van der Waals surface area contributed by atoms with Crippen molar-refractivity contribution in [1.29, 1.82) is 0 Å². The van der Waals surface area contributed by atoms with Crippen molar-refractivity contribution in [3.63, 3.8) is 0 Å². The van der Waals surface area contributed by atoms with E-state index >= 15 is 0 Å². The lowest BCUT2D eigenvalue weighted by Crippen LogP contribution is -2.44. The Morgan fingerprint density at radius 3 is 2.68 bits per heavy atom. The highest BCUT2D eigenvalue weighted by molar-refractivity contribution is 5.76. The Morgan fingerprint density at radius 1 is 1.36 bits per heavy atom. The zero-order valence-electron chi connectivity index (χ0n) is 13.5. The number of amides is 2. The normalized spacial score (nSPS) is 14.6. The molecule has 0 saturated carbocycles. The molecule has 0 saturated heterocycles. The second-order valence-corrected chi connectivity index (χ2v) is 6.60. The Labute approximate surface area is 130 Å². The molecule has 2 rings (SSSR count). The number of urea groups is 1. The molecule has 2 unspecified atom stereocenters. The Balaban J connectivity index is 1.91. The summed E-state index contributed by atoms with van der Waals surface area (Å²) >= 11 is 0. The first-order chi connectivity index (χ1) is 10.3. The van der Waals surface area contributed by atoms with Gasteiger partial charge in [-0.1, -0.05) is 32.9 Å². The molecule has 1 aromatic carbocycles. The molecule has 6 nitrogen and oxygen atoms in total. The fourth-order valence-electron chi connectivity index (χ4n) is 1.99. The first-order valence-electron chi connectivity index (χ1n) is 7.44. The fraction of sp³-hybridized carbons (Fsp3) is 0.500. The monoisotopic (exact) mass is 304 g/mol. The molecule has 0 spiro atoms. The molecular weight excluding hydrogens is 280 g/mol. The molecule has 0 aliphatic heterocycles. The van der Waals surface area contributed by atoms with Gasteiger partial charge in [0.25, 0.3) is 0 Å². The fourth-order valence-corrected chi connectivity index (χ4v) is 1.99. The number of para-hydroxylation sites is 2. The molecule has 2 amide bonds. The van der Waals surface area contributed by atoms with Crippen LogP contribution in [0, 0.1) is 5.41 Å². The molecule has 0 aliphatic rings. The van der Waals surface area contributed by atoms with Gasteiger partial charge < -0.3 is 20.7 Å². The van der Waals surface area contributed by atoms with E-state index in [4.69, 9.17) is 0 Å². The van der Waals surface area contributed by atoms with Crippen LogP contribution in [-0.4, -0.2) is 33.8 Å². The second kappa shape index (κ2) is 6.36. The van der Waals surface area contributed by atoms with Gasteiger partial charge in [-0.05, 0) is 24.5 Å². The summed E-state index contributed by atoms with van der Waals surface area (Å²) < 4.78 is 0. The van der Waals surface area contributed by atoms with Crippen molar-refractivity contribution in [3.8, 4) is 0 Å². The number of nitrogens with one attached hydrogen (secondary N) is 3. The number of aliphatic hydroxyl groups excluding tert-OH is 1. The van der Waals surface area contributed by atoms with Crippen molar-refractivity contribution in [1.82, 2.24) is 20.6 Å². The van der Waals surface area contributed by atoms with E-state index in [1.54, 1.807) is 0 Å². The Hall–Kier alpha value is -2.08. The van der Waals surface area contributed by atoms with Crippen molar-refractivity contribution in [2.24, 2.45) is 5.41 Å². The van der Waals surface area contributed by atoms with E-state index in [-0.39, 0.29) is 24.0 Å². The molecule has 120 valence electrons. The largest absolute Gasteiger partial charge is 0.391 e. The average Bonchev–Trinajstić information content (AvgIpc) is 2.87. The van der Waals surface area contributed by atoms with Crippen LogP contribution < -0.4 is 10.6 Å². The topological polar surface area (TPSA) is 90.0 Å². The highest BCUT2D eigenvalue weighted by Crippen LogP contribution is 2.18. The molecule has 6 heteroatoms. The van der Waals surface area contributed by atoms with Gasteiger partial charge in [0.05, 0.1) is 23.2 Å². The minimum atomic E-state index is -0.597. The quantitative estimate of drug-likeness (QED) is 0.699. The molecule has 22 heavy (non-hydrogen) atoms. The number of H-pyrrole nitrogens is 1. The molecule has 4 N–H and O–H groups in total. The van der Waals surface area contributed by atoms with Gasteiger partial charge in [-0.3, -0.25) is 0 Å². The van der Waals surface area contributed by atoms with Crippen LogP contribution in [0.15, 0.2) is 24.3 Å². The van der Waals surface area contributed by atoms with Gasteiger partial charge in [-0.25, -0.2) is 9.78 Å². The van der Waals surface area contributed by atoms with E-state index in [1.807, 2.05) is 52.0 Å². The predicted molar refractivity (Wildman–Crippen MR) is 86.5 cm³/mol. The number of benzene rings is 1. The van der Waals surface area contributed by atoms with E-state index in [2.05, 4.69) is 20.6 Å². The maximum atomic E-state index is 11.9. The lowest BCUT2D eigenvalue weighted by atomic mass is 9.89. The Kier molecular flexibility index (Phi) is 4.71. The van der Waals surface area contributed by atoms with Gasteiger partial charge in [0.1, 0.15) is 5.82 Å². The summed E-state index contributed by atoms with van der Waals surface area (Å²) in [5, 5.41) is 15.4. The first kappa shape index (κ1) is 16.3. The van der Waals surface area contributed by atoms with Gasteiger partial charge in [0.15, 0.2) is 0 Å². The predicted octanol–water partition coefficient (Wildman–Crippen LogP) is 2.33. The van der Waals surface area contributed by atoms with Crippen LogP contribution in [0.2, 0.25) is 0 Å². The van der Waals surface area contributed by atoms with E-state index in [0.29, 0.717) is 5.82 Å². The average molecular weight is 304 g/mol. The number of fused-ring (bicyclic) bond motifs is 1. The second-order valence-electron chi connectivity index (χ2n) is 6.60. The van der Waals surface area contributed by atoms with E-state index in [0.717, 1.165) is 11.0 Å². The molecule has 0 aliphatic carbocycles. The summed E-state index contributed by atoms with van der Waals surface area (Å²) in [6.45, 7) is 7.84. The number of aliphatic hydroxyl groups is 1. The Morgan fingerprint density at radius 2 is 2.05 bits per heavy atom. The van der Waals surface area contributed by atoms with Crippen LogP contribution in [0.25, 0.3) is 11.0 Å². The number of hydrogen-bond donors (Lipinski definition) is 4. The van der Waals surface area contributed by atoms with E-state index in [1.165, 1.54) is 0 Å². The minimum Gasteiger partial charge on any atom is -0.391 e. The van der Waals surface area contributed by atoms with Gasteiger partial charge in [0.2, 0.25) is 0 Å². The summed E-state index contributed by atoms with van der Waals surface area (Å²) in [6, 6.07) is 7.14. The first-order valence-corrected chi connectivity index (χ1v) is 7.44. The molecule has 0 bridgehead atoms. The summed E-state index contributed by atoms with van der Waals surface area (Å²) in [7, 11) is 0. The molecule has 1 heterocycles. The molecule has 0 radical (unpaired) electrons. The standard InChI is InChI=1S/C16H24N4O2/c1-10(14-19-11-7-5-6-8-12(11)20-14)18-15(22)17-9-13(21)16(2,3)4/h5-8,10,13,21H,9H2,1-4H3,(H,19,20)(H2,17,18,22). The molecule has 2 aromatic rings. The zero-order chi connectivity index (χ0) is 16.3. The summed E-state index contributed by atoms with van der Waals surface area (Å²) in [6.07, 6.45) is -0.597. The van der Waals surface area contributed by atoms with E-state index in [9.17, 15) is 9.90 Å². The van der Waals surface area contributed by atoms with Crippen molar-refractivity contribution in [2.45, 2.75) is 39.8 Å². The number of aromatic nitrogens is 2. The van der Waals surface area contributed by atoms with E-state index < -0.39 is 6.10 Å². The van der Waals surface area contributed by atoms with Crippen molar-refractivity contribution >= 4 is 17.1 Å². The van der Waals surface area contributed by atoms with Crippen molar-refractivity contribution in [3.05, 3.63) is 30.1 Å². The van der Waals surface area contributed by atoms with Crippen LogP contribution in [0.5, 0.6) is 0 Å². The number of carbonyl (C=O) groups excluding carboxylic acids is 1. The van der Waals surface area contributed by atoms with Gasteiger partial charge >= 0.3 is 6.03 Å².